The van der Waals surface area contributed by atoms with Crippen LogP contribution < -0.4 is 19.8 Å². The molecule has 0 aromatic heterocycles. The maximum Gasteiger partial charge on any atom is 0.261 e. The van der Waals surface area contributed by atoms with E-state index in [4.69, 9.17) is 28.1 Å². The number of benzene rings is 5. The van der Waals surface area contributed by atoms with Crippen molar-refractivity contribution in [3.8, 4) is 11.5 Å². The van der Waals surface area contributed by atoms with Crippen molar-refractivity contribution in [1.82, 2.24) is 0 Å². The minimum absolute atomic E-state index is 0.190. The van der Waals surface area contributed by atoms with Crippen molar-refractivity contribution in [2.24, 2.45) is 0 Å². The molecule has 0 bridgehead atoms. The number of hydrogen-bond donors (Lipinski definition) is 0. The van der Waals surface area contributed by atoms with Crippen LogP contribution in [0.1, 0.15) is 37.5 Å². The normalized spacial score (nSPS) is 13.1. The van der Waals surface area contributed by atoms with Crippen molar-refractivity contribution in [3.05, 3.63) is 156 Å². The summed E-state index contributed by atoms with van der Waals surface area (Å²) in [6.07, 6.45) is -0.872. The average molecular weight is 691 g/mol. The van der Waals surface area contributed by atoms with Gasteiger partial charge in [0.1, 0.15) is 12.2 Å². The van der Waals surface area contributed by atoms with Crippen LogP contribution in [-0.2, 0) is 38.5 Å². The molecule has 0 amide bonds. The van der Waals surface area contributed by atoms with Crippen LogP contribution in [0, 0.1) is 0 Å². The maximum absolute atomic E-state index is 7.42. The predicted octanol–water partition coefficient (Wildman–Crippen LogP) is 7.97. The van der Waals surface area contributed by atoms with E-state index in [1.807, 2.05) is 54.6 Å². The van der Waals surface area contributed by atoms with E-state index < -0.39 is 20.5 Å². The Morgan fingerprint density at radius 3 is 1.42 bits per heavy atom. The molecule has 0 fully saturated rings. The van der Waals surface area contributed by atoms with Crippen molar-refractivity contribution >= 4 is 18.7 Å². The summed E-state index contributed by atoms with van der Waals surface area (Å²) in [5.74, 6) is 1.34. The van der Waals surface area contributed by atoms with Gasteiger partial charge < -0.3 is 28.1 Å². The molecule has 5 aromatic carbocycles. The van der Waals surface area contributed by atoms with Crippen molar-refractivity contribution < 1.29 is 28.1 Å². The van der Waals surface area contributed by atoms with E-state index in [-0.39, 0.29) is 5.04 Å². The van der Waals surface area contributed by atoms with Gasteiger partial charge in [-0.2, -0.15) is 0 Å². The third-order valence-corrected chi connectivity index (χ3v) is 13.9. The van der Waals surface area contributed by atoms with Gasteiger partial charge in [-0.1, -0.05) is 148 Å². The minimum Gasteiger partial charge on any atom is -0.493 e. The highest BCUT2D eigenvalue weighted by Gasteiger charge is 2.50. The summed E-state index contributed by atoms with van der Waals surface area (Å²) in [4.78, 5) is 0. The highest BCUT2D eigenvalue weighted by Crippen LogP contribution is 2.37. The molecule has 5 rings (SSSR count). The largest absolute Gasteiger partial charge is 0.493 e. The molecular formula is C43H50O6Si. The topological polar surface area (TPSA) is 55.4 Å². The summed E-state index contributed by atoms with van der Waals surface area (Å²) >= 11 is 0. The summed E-state index contributed by atoms with van der Waals surface area (Å²) < 4.78 is 38.3. The Balaban J connectivity index is 1.47. The van der Waals surface area contributed by atoms with Gasteiger partial charge in [0.15, 0.2) is 11.5 Å². The van der Waals surface area contributed by atoms with Gasteiger partial charge in [0.2, 0.25) is 0 Å². The smallest absolute Gasteiger partial charge is 0.261 e. The van der Waals surface area contributed by atoms with Gasteiger partial charge >= 0.3 is 0 Å². The van der Waals surface area contributed by atoms with E-state index in [1.165, 1.54) is 10.4 Å². The predicted molar refractivity (Wildman–Crippen MR) is 203 cm³/mol. The van der Waals surface area contributed by atoms with E-state index in [9.17, 15) is 0 Å². The van der Waals surface area contributed by atoms with Gasteiger partial charge in [-0.3, -0.25) is 0 Å². The van der Waals surface area contributed by atoms with Crippen molar-refractivity contribution in [2.75, 3.05) is 27.4 Å². The van der Waals surface area contributed by atoms with Crippen LogP contribution in [0.2, 0.25) is 5.04 Å². The molecule has 0 N–H and O–H groups in total. The highest BCUT2D eigenvalue weighted by atomic mass is 28.4. The number of rotatable bonds is 18. The second-order valence-corrected chi connectivity index (χ2v) is 17.7. The summed E-state index contributed by atoms with van der Waals surface area (Å²) in [7, 11) is 0.409. The summed E-state index contributed by atoms with van der Waals surface area (Å²) in [6, 6.07) is 47.6. The first-order valence-electron chi connectivity index (χ1n) is 17.2. The van der Waals surface area contributed by atoms with Crippen LogP contribution in [-0.4, -0.2) is 48.0 Å². The molecule has 0 heterocycles. The standard InChI is InChI=1S/C43H50O6Si/c1-43(2,3)50(37-22-14-8-15-23-37,38-24-16-9-17-25-38)49-33-42(48-31-35-20-12-7-13-21-35)41(47-30-34-18-10-6-11-19-34)32-46-29-36-26-27-39(44-4)40(28-36)45-5/h6-28,41-42H,29-33H2,1-5H3/t41-,42-/m0/s1. The Kier molecular flexibility index (Phi) is 13.4. The molecule has 6 nitrogen and oxygen atoms in total. The lowest BCUT2D eigenvalue weighted by molar-refractivity contribution is -0.128. The van der Waals surface area contributed by atoms with Crippen LogP contribution in [0.3, 0.4) is 0 Å². The Bertz CT molecular complexity index is 1650. The molecule has 0 saturated heterocycles. The first-order valence-corrected chi connectivity index (χ1v) is 19.1. The summed E-state index contributed by atoms with van der Waals surface area (Å²) in [5, 5.41) is 2.24. The van der Waals surface area contributed by atoms with Crippen LogP contribution >= 0.6 is 0 Å². The van der Waals surface area contributed by atoms with Crippen molar-refractivity contribution in [2.45, 2.75) is 57.8 Å². The molecule has 0 aliphatic heterocycles. The molecule has 0 saturated carbocycles. The Labute approximate surface area is 299 Å². The summed E-state index contributed by atoms with van der Waals surface area (Å²) in [6.45, 7) is 8.67. The van der Waals surface area contributed by atoms with Crippen LogP contribution in [0.4, 0.5) is 0 Å². The number of methoxy groups -OCH3 is 2. The van der Waals surface area contributed by atoms with Gasteiger partial charge in [0.25, 0.3) is 8.32 Å². The molecule has 5 aromatic rings. The van der Waals surface area contributed by atoms with E-state index in [0.717, 1.165) is 16.7 Å². The Hall–Kier alpha value is -4.24. The minimum atomic E-state index is -2.86. The third-order valence-electron chi connectivity index (χ3n) is 8.91. The van der Waals surface area contributed by atoms with Gasteiger partial charge in [-0.05, 0) is 44.2 Å². The molecule has 0 aliphatic carbocycles. The SMILES string of the molecule is COc1ccc(COC[C@H](OCc2ccccc2)[C@H](CO[Si](c2ccccc2)(c2ccccc2)C(C)(C)C)OCc2ccccc2)cc1OC. The zero-order valence-electron chi connectivity index (χ0n) is 29.9. The van der Waals surface area contributed by atoms with E-state index in [2.05, 4.69) is 106 Å². The molecule has 50 heavy (non-hydrogen) atoms. The monoisotopic (exact) mass is 690 g/mol. The second kappa shape index (κ2) is 18.1. The molecule has 0 radical (unpaired) electrons. The molecule has 7 heteroatoms. The lowest BCUT2D eigenvalue weighted by atomic mass is 10.2. The zero-order chi connectivity index (χ0) is 35.2. The van der Waals surface area contributed by atoms with E-state index in [0.29, 0.717) is 44.5 Å². The number of ether oxygens (including phenoxy) is 5. The fraction of sp³-hybridized carbons (Fsp3) is 0.302. The van der Waals surface area contributed by atoms with Crippen LogP contribution in [0.5, 0.6) is 11.5 Å². The molecule has 0 unspecified atom stereocenters. The first-order chi connectivity index (χ1) is 24.3. The summed E-state index contributed by atoms with van der Waals surface area (Å²) in [5.41, 5.74) is 3.12. The molecule has 2 atom stereocenters. The van der Waals surface area contributed by atoms with Crippen molar-refractivity contribution in [1.29, 1.82) is 0 Å². The van der Waals surface area contributed by atoms with Gasteiger partial charge in [-0.25, -0.2) is 0 Å². The van der Waals surface area contributed by atoms with Gasteiger partial charge in [0.05, 0.1) is 47.3 Å². The maximum atomic E-state index is 7.42. The molecule has 0 spiro atoms. The fourth-order valence-corrected chi connectivity index (χ4v) is 10.9. The molecule has 0 aliphatic rings. The Morgan fingerprint density at radius 2 is 0.960 bits per heavy atom. The van der Waals surface area contributed by atoms with E-state index >= 15 is 0 Å². The van der Waals surface area contributed by atoms with Crippen LogP contribution in [0.25, 0.3) is 0 Å². The number of hydrogen-bond acceptors (Lipinski definition) is 6. The molecular weight excluding hydrogens is 641 g/mol. The second-order valence-electron chi connectivity index (χ2n) is 13.3. The first kappa shape index (κ1) is 37.0. The van der Waals surface area contributed by atoms with Gasteiger partial charge in [-0.15, -0.1) is 0 Å². The third kappa shape index (κ3) is 9.50. The quantitative estimate of drug-likeness (QED) is 0.0870. The Morgan fingerprint density at radius 1 is 0.500 bits per heavy atom. The fourth-order valence-electron chi connectivity index (χ4n) is 6.31. The van der Waals surface area contributed by atoms with Crippen molar-refractivity contribution in [3.63, 3.8) is 0 Å². The highest BCUT2D eigenvalue weighted by molar-refractivity contribution is 6.99. The molecule has 262 valence electrons. The van der Waals surface area contributed by atoms with Gasteiger partial charge in [0, 0.05) is 0 Å². The lowest BCUT2D eigenvalue weighted by Crippen LogP contribution is -2.67. The lowest BCUT2D eigenvalue weighted by Gasteiger charge is -2.44. The zero-order valence-corrected chi connectivity index (χ0v) is 30.9. The average Bonchev–Trinajstić information content (AvgIpc) is 3.15. The van der Waals surface area contributed by atoms with Crippen LogP contribution in [0.15, 0.2) is 140 Å². The van der Waals surface area contributed by atoms with E-state index in [1.54, 1.807) is 14.2 Å².